The second-order valence-electron chi connectivity index (χ2n) is 4.40. The molecule has 0 bridgehead atoms. The normalized spacial score (nSPS) is 11.2. The van der Waals surface area contributed by atoms with E-state index in [0.29, 0.717) is 16.7 Å². The molecule has 0 unspecified atom stereocenters. The van der Waals surface area contributed by atoms with Crippen molar-refractivity contribution in [1.29, 1.82) is 0 Å². The molecular weight excluding hydrogens is 230 g/mol. The molecule has 0 N–H and O–H groups in total. The molecule has 0 saturated heterocycles. The third-order valence-corrected chi connectivity index (χ3v) is 3.25. The Balaban J connectivity index is 2.54. The van der Waals surface area contributed by atoms with Gasteiger partial charge in [0, 0.05) is 16.3 Å². The molecule has 2 aromatic carbocycles. The SMILES string of the molecule is Cc1cc2c(oc3ccccc32)c(C)c1[N+](=O)[O-]. The lowest BCUT2D eigenvalue weighted by molar-refractivity contribution is -0.385. The first-order valence-corrected chi connectivity index (χ1v) is 5.65. The fourth-order valence-electron chi connectivity index (χ4n) is 2.46. The van der Waals surface area contributed by atoms with Crippen molar-refractivity contribution in [1.82, 2.24) is 0 Å². The first-order chi connectivity index (χ1) is 8.59. The summed E-state index contributed by atoms with van der Waals surface area (Å²) >= 11 is 0. The van der Waals surface area contributed by atoms with Crippen LogP contribution in [0.1, 0.15) is 11.1 Å². The molecule has 0 fully saturated rings. The van der Waals surface area contributed by atoms with Crippen LogP contribution in [0.3, 0.4) is 0 Å². The Hall–Kier alpha value is -2.36. The van der Waals surface area contributed by atoms with Gasteiger partial charge in [-0.15, -0.1) is 0 Å². The highest BCUT2D eigenvalue weighted by atomic mass is 16.6. The van der Waals surface area contributed by atoms with Crippen LogP contribution in [0.25, 0.3) is 21.9 Å². The Morgan fingerprint density at radius 2 is 1.89 bits per heavy atom. The number of nitro benzene ring substituents is 1. The first kappa shape index (κ1) is 10.8. The highest BCUT2D eigenvalue weighted by Crippen LogP contribution is 2.36. The van der Waals surface area contributed by atoms with E-state index >= 15 is 0 Å². The summed E-state index contributed by atoms with van der Waals surface area (Å²) in [7, 11) is 0. The summed E-state index contributed by atoms with van der Waals surface area (Å²) < 4.78 is 5.72. The second-order valence-corrected chi connectivity index (χ2v) is 4.40. The highest BCUT2D eigenvalue weighted by Gasteiger charge is 2.21. The van der Waals surface area contributed by atoms with Crippen molar-refractivity contribution >= 4 is 27.6 Å². The highest BCUT2D eigenvalue weighted by molar-refractivity contribution is 6.07. The summed E-state index contributed by atoms with van der Waals surface area (Å²) in [5.41, 5.74) is 2.76. The molecule has 0 amide bonds. The predicted molar refractivity (Wildman–Crippen MR) is 69.8 cm³/mol. The maximum atomic E-state index is 11.1. The van der Waals surface area contributed by atoms with Crippen molar-refractivity contribution in [3.63, 3.8) is 0 Å². The van der Waals surface area contributed by atoms with Crippen molar-refractivity contribution < 1.29 is 9.34 Å². The molecule has 0 aliphatic carbocycles. The lowest BCUT2D eigenvalue weighted by Gasteiger charge is -2.01. The average molecular weight is 241 g/mol. The lowest BCUT2D eigenvalue weighted by atomic mass is 10.0. The summed E-state index contributed by atoms with van der Waals surface area (Å²) in [6.07, 6.45) is 0. The van der Waals surface area contributed by atoms with Gasteiger partial charge in [0.05, 0.1) is 10.5 Å². The van der Waals surface area contributed by atoms with Gasteiger partial charge in [0.2, 0.25) is 0 Å². The molecule has 3 aromatic rings. The minimum atomic E-state index is -0.350. The van der Waals surface area contributed by atoms with Crippen LogP contribution in [-0.4, -0.2) is 4.92 Å². The largest absolute Gasteiger partial charge is 0.456 e. The molecule has 0 saturated carbocycles. The van der Waals surface area contributed by atoms with Gasteiger partial charge >= 0.3 is 0 Å². The molecule has 0 radical (unpaired) electrons. The molecule has 3 rings (SSSR count). The number of para-hydroxylation sites is 1. The Morgan fingerprint density at radius 1 is 1.17 bits per heavy atom. The minimum Gasteiger partial charge on any atom is -0.456 e. The molecule has 4 nitrogen and oxygen atoms in total. The van der Waals surface area contributed by atoms with E-state index in [1.54, 1.807) is 13.8 Å². The monoisotopic (exact) mass is 241 g/mol. The number of nitrogens with zero attached hydrogens (tertiary/aromatic N) is 1. The van der Waals surface area contributed by atoms with Gasteiger partial charge in [0.25, 0.3) is 5.69 Å². The van der Waals surface area contributed by atoms with Crippen LogP contribution in [0.4, 0.5) is 5.69 Å². The smallest absolute Gasteiger partial charge is 0.278 e. The van der Waals surface area contributed by atoms with Gasteiger partial charge in [-0.05, 0) is 26.0 Å². The molecular formula is C14H11NO3. The van der Waals surface area contributed by atoms with Crippen LogP contribution >= 0.6 is 0 Å². The van der Waals surface area contributed by atoms with Crippen molar-refractivity contribution in [2.24, 2.45) is 0 Å². The van der Waals surface area contributed by atoms with Gasteiger partial charge in [-0.25, -0.2) is 0 Å². The molecule has 0 spiro atoms. The van der Waals surface area contributed by atoms with Crippen molar-refractivity contribution in [3.8, 4) is 0 Å². The average Bonchev–Trinajstić information content (AvgIpc) is 2.68. The van der Waals surface area contributed by atoms with Gasteiger partial charge in [-0.2, -0.15) is 0 Å². The van der Waals surface area contributed by atoms with Gasteiger partial charge < -0.3 is 4.42 Å². The zero-order chi connectivity index (χ0) is 12.9. The molecule has 18 heavy (non-hydrogen) atoms. The number of furan rings is 1. The summed E-state index contributed by atoms with van der Waals surface area (Å²) in [5.74, 6) is 0. The second kappa shape index (κ2) is 3.57. The van der Waals surface area contributed by atoms with Gasteiger partial charge in [-0.3, -0.25) is 10.1 Å². The van der Waals surface area contributed by atoms with Gasteiger partial charge in [-0.1, -0.05) is 18.2 Å². The fraction of sp³-hybridized carbons (Fsp3) is 0.143. The number of rotatable bonds is 1. The van der Waals surface area contributed by atoms with Crippen LogP contribution in [0.5, 0.6) is 0 Å². The van der Waals surface area contributed by atoms with Gasteiger partial charge in [0.1, 0.15) is 11.2 Å². The first-order valence-electron chi connectivity index (χ1n) is 5.65. The van der Waals surface area contributed by atoms with Crippen LogP contribution < -0.4 is 0 Å². The van der Waals surface area contributed by atoms with Crippen molar-refractivity contribution in [3.05, 3.63) is 51.6 Å². The van der Waals surface area contributed by atoms with E-state index in [0.717, 1.165) is 16.4 Å². The van der Waals surface area contributed by atoms with E-state index in [-0.39, 0.29) is 10.6 Å². The van der Waals surface area contributed by atoms with E-state index < -0.39 is 0 Å². The Kier molecular flexibility index (Phi) is 2.13. The number of aryl methyl sites for hydroxylation is 2. The minimum absolute atomic E-state index is 0.140. The molecule has 1 aromatic heterocycles. The number of hydrogen-bond donors (Lipinski definition) is 0. The maximum absolute atomic E-state index is 11.1. The number of benzene rings is 2. The summed E-state index contributed by atoms with van der Waals surface area (Å²) in [6, 6.07) is 9.48. The summed E-state index contributed by atoms with van der Waals surface area (Å²) in [4.78, 5) is 10.7. The van der Waals surface area contributed by atoms with Crippen LogP contribution in [0.15, 0.2) is 34.7 Å². The number of hydrogen-bond acceptors (Lipinski definition) is 3. The zero-order valence-corrected chi connectivity index (χ0v) is 10.1. The molecule has 90 valence electrons. The fourth-order valence-corrected chi connectivity index (χ4v) is 2.46. The summed E-state index contributed by atoms with van der Waals surface area (Å²) in [5, 5.41) is 13.0. The van der Waals surface area contributed by atoms with E-state index in [4.69, 9.17) is 4.42 Å². The van der Waals surface area contributed by atoms with Crippen molar-refractivity contribution in [2.75, 3.05) is 0 Å². The molecule has 0 atom stereocenters. The van der Waals surface area contributed by atoms with E-state index in [1.807, 2.05) is 30.3 Å². The molecule has 0 aliphatic heterocycles. The van der Waals surface area contributed by atoms with Crippen molar-refractivity contribution in [2.45, 2.75) is 13.8 Å². The third kappa shape index (κ3) is 1.32. The van der Waals surface area contributed by atoms with E-state index in [9.17, 15) is 10.1 Å². The van der Waals surface area contributed by atoms with E-state index in [2.05, 4.69) is 0 Å². The predicted octanol–water partition coefficient (Wildman–Crippen LogP) is 4.11. The van der Waals surface area contributed by atoms with Gasteiger partial charge in [0.15, 0.2) is 0 Å². The topological polar surface area (TPSA) is 56.3 Å². The Bertz CT molecular complexity index is 786. The lowest BCUT2D eigenvalue weighted by Crippen LogP contribution is -1.95. The van der Waals surface area contributed by atoms with Crippen LogP contribution in [0, 0.1) is 24.0 Å². The third-order valence-electron chi connectivity index (χ3n) is 3.25. The van der Waals surface area contributed by atoms with Crippen LogP contribution in [0.2, 0.25) is 0 Å². The number of nitro groups is 1. The summed E-state index contributed by atoms with van der Waals surface area (Å²) in [6.45, 7) is 3.49. The molecule has 1 heterocycles. The Labute approximate surface area is 103 Å². The quantitative estimate of drug-likeness (QED) is 0.475. The molecule has 0 aliphatic rings. The zero-order valence-electron chi connectivity index (χ0n) is 10.1. The standard InChI is InChI=1S/C14H11NO3/c1-8-7-11-10-5-3-4-6-12(10)18-14(11)9(2)13(8)15(16)17/h3-7H,1-2H3. The Morgan fingerprint density at radius 3 is 2.61 bits per heavy atom. The number of fused-ring (bicyclic) bond motifs is 3. The molecule has 4 heteroatoms. The maximum Gasteiger partial charge on any atom is 0.278 e. The van der Waals surface area contributed by atoms with Crippen LogP contribution in [-0.2, 0) is 0 Å². The van der Waals surface area contributed by atoms with E-state index in [1.165, 1.54) is 0 Å².